The molecular formula is C20H23N3O3. The average Bonchev–Trinajstić information content (AvgIpc) is 3.21. The van der Waals surface area contributed by atoms with Crippen LogP contribution in [0.4, 0.5) is 11.4 Å². The van der Waals surface area contributed by atoms with Crippen molar-refractivity contribution in [2.45, 2.75) is 12.8 Å². The molecule has 1 saturated heterocycles. The molecule has 2 aromatic carbocycles. The van der Waals surface area contributed by atoms with E-state index in [1.54, 1.807) is 43.5 Å². The van der Waals surface area contributed by atoms with Crippen molar-refractivity contribution < 1.29 is 14.3 Å². The molecule has 0 aromatic heterocycles. The minimum atomic E-state index is -0.146. The number of amides is 2. The van der Waals surface area contributed by atoms with Gasteiger partial charge in [0.15, 0.2) is 0 Å². The van der Waals surface area contributed by atoms with Crippen LogP contribution in [0.2, 0.25) is 0 Å². The minimum absolute atomic E-state index is 0.0753. The molecule has 3 rings (SSSR count). The molecule has 1 fully saturated rings. The topological polar surface area (TPSA) is 70.7 Å². The molecule has 0 saturated carbocycles. The van der Waals surface area contributed by atoms with Crippen LogP contribution in [-0.2, 0) is 4.79 Å². The first-order valence-electron chi connectivity index (χ1n) is 8.73. The fraction of sp³-hybridized carbons (Fsp3) is 0.300. The maximum atomic E-state index is 12.3. The number of rotatable bonds is 6. The number of carbonyl (C=O) groups excluding carboxylic acids is 2. The second-order valence-electron chi connectivity index (χ2n) is 6.21. The third-order valence-corrected chi connectivity index (χ3v) is 4.35. The fourth-order valence-electron chi connectivity index (χ4n) is 2.90. The first kappa shape index (κ1) is 17.8. The number of nitrogens with one attached hydrogen (secondary N) is 2. The Bertz CT molecular complexity index is 751. The van der Waals surface area contributed by atoms with Gasteiger partial charge in [0.2, 0.25) is 5.91 Å². The van der Waals surface area contributed by atoms with Gasteiger partial charge in [-0.15, -0.1) is 0 Å². The van der Waals surface area contributed by atoms with Gasteiger partial charge >= 0.3 is 0 Å². The maximum Gasteiger partial charge on any atom is 0.253 e. The molecule has 0 unspecified atom stereocenters. The molecule has 0 bridgehead atoms. The molecule has 1 aliphatic rings. The molecule has 0 aliphatic carbocycles. The Morgan fingerprint density at radius 3 is 2.19 bits per heavy atom. The molecule has 2 N–H and O–H groups in total. The van der Waals surface area contributed by atoms with Gasteiger partial charge in [0.25, 0.3) is 5.91 Å². The van der Waals surface area contributed by atoms with Crippen molar-refractivity contribution in [2.24, 2.45) is 0 Å². The highest BCUT2D eigenvalue weighted by Gasteiger charge is 2.19. The minimum Gasteiger partial charge on any atom is -0.497 e. The summed E-state index contributed by atoms with van der Waals surface area (Å²) in [5, 5.41) is 5.87. The van der Waals surface area contributed by atoms with Crippen LogP contribution < -0.4 is 15.4 Å². The zero-order chi connectivity index (χ0) is 18.4. The maximum absolute atomic E-state index is 12.3. The van der Waals surface area contributed by atoms with Crippen LogP contribution in [0.3, 0.4) is 0 Å². The number of hydrogen-bond donors (Lipinski definition) is 2. The van der Waals surface area contributed by atoms with Crippen LogP contribution in [0, 0.1) is 0 Å². The Morgan fingerprint density at radius 1 is 0.962 bits per heavy atom. The van der Waals surface area contributed by atoms with E-state index in [1.807, 2.05) is 17.0 Å². The predicted molar refractivity (Wildman–Crippen MR) is 102 cm³/mol. The van der Waals surface area contributed by atoms with Crippen molar-refractivity contribution in [2.75, 3.05) is 37.4 Å². The van der Waals surface area contributed by atoms with Gasteiger partial charge in [0.1, 0.15) is 5.75 Å². The molecule has 1 aliphatic heterocycles. The zero-order valence-electron chi connectivity index (χ0n) is 14.8. The zero-order valence-corrected chi connectivity index (χ0v) is 14.8. The highest BCUT2D eigenvalue weighted by atomic mass is 16.5. The lowest BCUT2D eigenvalue weighted by Gasteiger charge is -2.15. The number of ether oxygens (including phenoxy) is 1. The Balaban J connectivity index is 1.49. The molecule has 1 heterocycles. The van der Waals surface area contributed by atoms with Crippen LogP contribution in [0.15, 0.2) is 48.5 Å². The number of anilines is 2. The molecule has 2 amide bonds. The molecule has 2 aromatic rings. The second-order valence-corrected chi connectivity index (χ2v) is 6.21. The summed E-state index contributed by atoms with van der Waals surface area (Å²) in [6, 6.07) is 14.4. The van der Waals surface area contributed by atoms with Gasteiger partial charge in [-0.05, 0) is 61.4 Å². The van der Waals surface area contributed by atoms with Crippen molar-refractivity contribution in [1.82, 2.24) is 4.90 Å². The number of carbonyl (C=O) groups is 2. The van der Waals surface area contributed by atoms with Gasteiger partial charge in [-0.1, -0.05) is 0 Å². The van der Waals surface area contributed by atoms with Crippen molar-refractivity contribution in [1.29, 1.82) is 0 Å². The quantitative estimate of drug-likeness (QED) is 0.838. The summed E-state index contributed by atoms with van der Waals surface area (Å²) >= 11 is 0. The van der Waals surface area contributed by atoms with Crippen LogP contribution in [0.5, 0.6) is 5.75 Å². The normalized spacial score (nSPS) is 13.3. The van der Waals surface area contributed by atoms with E-state index in [-0.39, 0.29) is 18.4 Å². The monoisotopic (exact) mass is 353 g/mol. The summed E-state index contributed by atoms with van der Waals surface area (Å²) in [4.78, 5) is 26.2. The SMILES string of the molecule is COc1ccc(NC(=O)CNc2ccc(C(=O)N3CCCC3)cc2)cc1. The van der Waals surface area contributed by atoms with E-state index in [0.29, 0.717) is 11.3 Å². The lowest BCUT2D eigenvalue weighted by Crippen LogP contribution is -2.27. The first-order valence-corrected chi connectivity index (χ1v) is 8.73. The number of likely N-dealkylation sites (tertiary alicyclic amines) is 1. The van der Waals surface area contributed by atoms with E-state index in [1.165, 1.54) is 0 Å². The van der Waals surface area contributed by atoms with Crippen molar-refractivity contribution in [3.63, 3.8) is 0 Å². The summed E-state index contributed by atoms with van der Waals surface area (Å²) in [5.74, 6) is 0.670. The van der Waals surface area contributed by atoms with Gasteiger partial charge in [0.05, 0.1) is 13.7 Å². The van der Waals surface area contributed by atoms with Crippen LogP contribution in [0.25, 0.3) is 0 Å². The third-order valence-electron chi connectivity index (χ3n) is 4.35. The lowest BCUT2D eigenvalue weighted by atomic mass is 10.2. The van der Waals surface area contributed by atoms with Crippen LogP contribution in [-0.4, -0.2) is 43.5 Å². The number of benzene rings is 2. The molecule has 26 heavy (non-hydrogen) atoms. The summed E-state index contributed by atoms with van der Waals surface area (Å²) < 4.78 is 5.09. The van der Waals surface area contributed by atoms with E-state index < -0.39 is 0 Å². The summed E-state index contributed by atoms with van der Waals surface area (Å²) in [6.45, 7) is 1.82. The van der Waals surface area contributed by atoms with Crippen molar-refractivity contribution in [3.05, 3.63) is 54.1 Å². The summed E-state index contributed by atoms with van der Waals surface area (Å²) in [7, 11) is 1.60. The van der Waals surface area contributed by atoms with Gasteiger partial charge in [-0.2, -0.15) is 0 Å². The second kappa shape index (κ2) is 8.38. The standard InChI is InChI=1S/C20H23N3O3/c1-26-18-10-8-17(9-11-18)22-19(24)14-21-16-6-4-15(5-7-16)20(25)23-12-2-3-13-23/h4-11,21H,2-3,12-14H2,1H3,(H,22,24). The highest BCUT2D eigenvalue weighted by molar-refractivity contribution is 5.95. The van der Waals surface area contributed by atoms with Gasteiger partial charge in [-0.25, -0.2) is 0 Å². The van der Waals surface area contributed by atoms with Gasteiger partial charge in [0, 0.05) is 30.0 Å². The summed E-state index contributed by atoms with van der Waals surface area (Å²) in [6.07, 6.45) is 2.16. The number of hydrogen-bond acceptors (Lipinski definition) is 4. The molecule has 6 nitrogen and oxygen atoms in total. The Kier molecular flexibility index (Phi) is 5.73. The van der Waals surface area contributed by atoms with Gasteiger partial charge in [-0.3, -0.25) is 9.59 Å². The lowest BCUT2D eigenvalue weighted by molar-refractivity contribution is -0.114. The molecule has 0 atom stereocenters. The van der Waals surface area contributed by atoms with Gasteiger partial charge < -0.3 is 20.3 Å². The number of nitrogens with zero attached hydrogens (tertiary/aromatic N) is 1. The Morgan fingerprint density at radius 2 is 1.58 bits per heavy atom. The molecule has 136 valence electrons. The van der Waals surface area contributed by atoms with E-state index in [9.17, 15) is 9.59 Å². The Labute approximate surface area is 153 Å². The largest absolute Gasteiger partial charge is 0.497 e. The predicted octanol–water partition coefficient (Wildman–Crippen LogP) is 2.98. The summed E-state index contributed by atoms with van der Waals surface area (Å²) in [5.41, 5.74) is 2.19. The van der Waals surface area contributed by atoms with Crippen molar-refractivity contribution >= 4 is 23.2 Å². The van der Waals surface area contributed by atoms with E-state index in [2.05, 4.69) is 10.6 Å². The Hall–Kier alpha value is -3.02. The smallest absolute Gasteiger partial charge is 0.253 e. The molecule has 0 radical (unpaired) electrons. The third kappa shape index (κ3) is 4.53. The van der Waals surface area contributed by atoms with Crippen molar-refractivity contribution in [3.8, 4) is 5.75 Å². The molecule has 0 spiro atoms. The van der Waals surface area contributed by atoms with Crippen LogP contribution in [0.1, 0.15) is 23.2 Å². The molecule has 6 heteroatoms. The fourth-order valence-corrected chi connectivity index (χ4v) is 2.90. The van der Waals surface area contributed by atoms with Crippen LogP contribution >= 0.6 is 0 Å². The van der Waals surface area contributed by atoms with E-state index in [0.717, 1.165) is 37.4 Å². The number of methoxy groups -OCH3 is 1. The van der Waals surface area contributed by atoms with E-state index >= 15 is 0 Å². The molecular weight excluding hydrogens is 330 g/mol. The first-order chi connectivity index (χ1) is 12.7. The highest BCUT2D eigenvalue weighted by Crippen LogP contribution is 2.16. The average molecular weight is 353 g/mol. The van der Waals surface area contributed by atoms with E-state index in [4.69, 9.17) is 4.74 Å².